The van der Waals surface area contributed by atoms with Gasteiger partial charge in [0.15, 0.2) is 10.7 Å². The van der Waals surface area contributed by atoms with E-state index in [2.05, 4.69) is 4.98 Å². The van der Waals surface area contributed by atoms with Gasteiger partial charge in [-0.2, -0.15) is 0 Å². The first-order chi connectivity index (χ1) is 12.6. The largest absolute Gasteiger partial charge is 0.477 e. The Kier molecular flexibility index (Phi) is 4.24. The van der Waals surface area contributed by atoms with E-state index in [9.17, 15) is 9.59 Å². The molecule has 1 aromatic carbocycles. The summed E-state index contributed by atoms with van der Waals surface area (Å²) in [6.45, 7) is 0. The van der Waals surface area contributed by atoms with Gasteiger partial charge in [-0.1, -0.05) is 30.3 Å². The van der Waals surface area contributed by atoms with E-state index >= 15 is 0 Å². The third-order valence-electron chi connectivity index (χ3n) is 3.80. The number of carboxylic acid groups (broad SMARTS) is 1. The Morgan fingerprint density at radius 2 is 1.85 bits per heavy atom. The van der Waals surface area contributed by atoms with E-state index < -0.39 is 5.97 Å². The van der Waals surface area contributed by atoms with Crippen molar-refractivity contribution < 1.29 is 14.7 Å². The lowest BCUT2D eigenvalue weighted by atomic mass is 10.1. The number of fused-ring (bicyclic) bond motifs is 1. The summed E-state index contributed by atoms with van der Waals surface area (Å²) in [5.74, 6) is -1.26. The number of carbonyl (C=O) groups excluding carboxylic acids is 1. The summed E-state index contributed by atoms with van der Waals surface area (Å²) in [7, 11) is 0. The van der Waals surface area contributed by atoms with Crippen LogP contribution in [0.4, 0.5) is 0 Å². The zero-order chi connectivity index (χ0) is 18.1. The molecule has 4 aromatic rings. The van der Waals surface area contributed by atoms with Gasteiger partial charge >= 0.3 is 5.97 Å². The van der Waals surface area contributed by atoms with Gasteiger partial charge < -0.3 is 5.11 Å². The number of hydrogen-bond donors (Lipinski definition) is 1. The molecule has 0 spiro atoms. The number of carboxylic acids is 1. The Bertz CT molecular complexity index is 1140. The Balaban J connectivity index is 1.72. The smallest absolute Gasteiger partial charge is 0.345 e. The van der Waals surface area contributed by atoms with E-state index in [-0.39, 0.29) is 10.7 Å². The van der Waals surface area contributed by atoms with Gasteiger partial charge in [-0.05, 0) is 24.3 Å². The van der Waals surface area contributed by atoms with Gasteiger partial charge in [-0.15, -0.1) is 22.7 Å². The van der Waals surface area contributed by atoms with E-state index in [1.165, 1.54) is 29.5 Å². The predicted octanol–water partition coefficient (Wildman–Crippen LogP) is 4.72. The number of imidazole rings is 1. The summed E-state index contributed by atoms with van der Waals surface area (Å²) < 4.78 is 1.94. The molecule has 0 saturated carbocycles. The molecule has 3 heterocycles. The second-order valence-electron chi connectivity index (χ2n) is 5.43. The molecule has 1 N–H and O–H groups in total. The Morgan fingerprint density at radius 1 is 1.08 bits per heavy atom. The minimum absolute atomic E-state index is 0.149. The highest BCUT2D eigenvalue weighted by atomic mass is 32.1. The Labute approximate surface area is 156 Å². The number of nitrogens with zero attached hydrogens (tertiary/aromatic N) is 2. The summed E-state index contributed by atoms with van der Waals surface area (Å²) in [6.07, 6.45) is 5.11. The molecule has 7 heteroatoms. The number of thiazole rings is 1. The molecule has 3 aromatic heterocycles. The van der Waals surface area contributed by atoms with Gasteiger partial charge in [-0.25, -0.2) is 9.78 Å². The number of carbonyl (C=O) groups is 2. The molecule has 0 aliphatic carbocycles. The third kappa shape index (κ3) is 2.98. The maximum atomic E-state index is 12.4. The monoisotopic (exact) mass is 380 g/mol. The normalized spacial score (nSPS) is 11.4. The van der Waals surface area contributed by atoms with Crippen LogP contribution in [0.5, 0.6) is 0 Å². The standard InChI is InChI=1S/C19H12N2O3S2/c22-14(15-8-9-16(26-15)18(23)24)7-6-13-17(12-4-2-1-3-5-12)20-19-21(13)10-11-25-19/h1-11H,(H,23,24)/b7-6+. The predicted molar refractivity (Wildman–Crippen MR) is 103 cm³/mol. The molecule has 0 aliphatic rings. The van der Waals surface area contributed by atoms with Crippen molar-refractivity contribution in [1.82, 2.24) is 9.38 Å². The molecule has 0 amide bonds. The molecule has 0 radical (unpaired) electrons. The second kappa shape index (κ2) is 6.70. The van der Waals surface area contributed by atoms with Crippen molar-refractivity contribution in [2.75, 3.05) is 0 Å². The highest BCUT2D eigenvalue weighted by molar-refractivity contribution is 7.16. The lowest BCUT2D eigenvalue weighted by molar-refractivity contribution is 0.0702. The van der Waals surface area contributed by atoms with Crippen LogP contribution in [0.3, 0.4) is 0 Å². The quantitative estimate of drug-likeness (QED) is 0.402. The molecular weight excluding hydrogens is 368 g/mol. The minimum atomic E-state index is -1.03. The molecule has 0 bridgehead atoms. The third-order valence-corrected chi connectivity index (χ3v) is 5.64. The van der Waals surface area contributed by atoms with Crippen LogP contribution in [0.2, 0.25) is 0 Å². The van der Waals surface area contributed by atoms with Crippen molar-refractivity contribution in [3.8, 4) is 11.3 Å². The van der Waals surface area contributed by atoms with Crippen molar-refractivity contribution >= 4 is 45.5 Å². The van der Waals surface area contributed by atoms with Gasteiger partial charge in [0.1, 0.15) is 4.88 Å². The molecule has 5 nitrogen and oxygen atoms in total. The lowest BCUT2D eigenvalue weighted by Crippen LogP contribution is -1.92. The van der Waals surface area contributed by atoms with E-state index in [0.717, 1.165) is 33.2 Å². The molecule has 0 saturated heterocycles. The van der Waals surface area contributed by atoms with Crippen molar-refractivity contribution in [2.24, 2.45) is 0 Å². The van der Waals surface area contributed by atoms with Crippen molar-refractivity contribution in [2.45, 2.75) is 0 Å². The average Bonchev–Trinajstić information content (AvgIpc) is 3.36. The van der Waals surface area contributed by atoms with Crippen LogP contribution >= 0.6 is 22.7 Å². The summed E-state index contributed by atoms with van der Waals surface area (Å²) in [5.41, 5.74) is 2.59. The molecule has 0 unspecified atom stereocenters. The maximum absolute atomic E-state index is 12.4. The highest BCUT2D eigenvalue weighted by Gasteiger charge is 2.14. The number of aromatic carboxylic acids is 1. The number of ketones is 1. The van der Waals surface area contributed by atoms with Gasteiger partial charge in [0.25, 0.3) is 0 Å². The van der Waals surface area contributed by atoms with E-state index in [4.69, 9.17) is 5.11 Å². The van der Waals surface area contributed by atoms with E-state index in [1.807, 2.05) is 46.3 Å². The topological polar surface area (TPSA) is 71.7 Å². The van der Waals surface area contributed by atoms with Crippen LogP contribution in [0, 0.1) is 0 Å². The number of benzene rings is 1. The van der Waals surface area contributed by atoms with Crippen LogP contribution in [-0.2, 0) is 0 Å². The molecule has 26 heavy (non-hydrogen) atoms. The highest BCUT2D eigenvalue weighted by Crippen LogP contribution is 2.28. The number of rotatable bonds is 5. The van der Waals surface area contributed by atoms with Crippen molar-refractivity contribution in [3.63, 3.8) is 0 Å². The van der Waals surface area contributed by atoms with Gasteiger partial charge in [0, 0.05) is 17.1 Å². The summed E-state index contributed by atoms with van der Waals surface area (Å²) >= 11 is 2.50. The molecule has 0 atom stereocenters. The summed E-state index contributed by atoms with van der Waals surface area (Å²) in [6, 6.07) is 12.8. The summed E-state index contributed by atoms with van der Waals surface area (Å²) in [4.78, 5) is 29.4. The minimum Gasteiger partial charge on any atom is -0.477 e. The molecular formula is C19H12N2O3S2. The second-order valence-corrected chi connectivity index (χ2v) is 7.39. The molecule has 0 aliphatic heterocycles. The van der Waals surface area contributed by atoms with Gasteiger partial charge in [-0.3, -0.25) is 9.20 Å². The molecule has 0 fully saturated rings. The van der Waals surface area contributed by atoms with E-state index in [0.29, 0.717) is 4.88 Å². The number of hydrogen-bond acceptors (Lipinski definition) is 5. The first-order valence-corrected chi connectivity index (χ1v) is 9.39. The first kappa shape index (κ1) is 16.4. The Hall–Kier alpha value is -3.03. The SMILES string of the molecule is O=C(O)c1ccc(C(=O)/C=C/c2c(-c3ccccc3)nc3sccn23)s1. The van der Waals surface area contributed by atoms with Gasteiger partial charge in [0.2, 0.25) is 0 Å². The van der Waals surface area contributed by atoms with E-state index in [1.54, 1.807) is 6.08 Å². The molecule has 128 valence electrons. The fourth-order valence-electron chi connectivity index (χ4n) is 2.59. The van der Waals surface area contributed by atoms with Crippen LogP contribution in [0.25, 0.3) is 22.3 Å². The van der Waals surface area contributed by atoms with Crippen molar-refractivity contribution in [1.29, 1.82) is 0 Å². The first-order valence-electron chi connectivity index (χ1n) is 7.70. The van der Waals surface area contributed by atoms with Gasteiger partial charge in [0.05, 0.1) is 16.3 Å². The maximum Gasteiger partial charge on any atom is 0.345 e. The average molecular weight is 380 g/mol. The number of thiophene rings is 1. The van der Waals surface area contributed by atoms with Crippen LogP contribution in [0.15, 0.2) is 60.1 Å². The Morgan fingerprint density at radius 3 is 2.58 bits per heavy atom. The van der Waals surface area contributed by atoms with Crippen molar-refractivity contribution in [3.05, 3.63) is 75.6 Å². The zero-order valence-corrected chi connectivity index (χ0v) is 15.0. The fraction of sp³-hybridized carbons (Fsp3) is 0. The zero-order valence-electron chi connectivity index (χ0n) is 13.3. The molecule has 4 rings (SSSR count). The number of allylic oxidation sites excluding steroid dienone is 1. The lowest BCUT2D eigenvalue weighted by Gasteiger charge is -1.99. The fourth-order valence-corrected chi connectivity index (χ4v) is 4.08. The number of aromatic nitrogens is 2. The van der Waals surface area contributed by atoms with Crippen LogP contribution in [0.1, 0.15) is 25.0 Å². The van der Waals surface area contributed by atoms with Crippen LogP contribution < -0.4 is 0 Å². The summed E-state index contributed by atoms with van der Waals surface area (Å²) in [5, 5.41) is 10.9. The van der Waals surface area contributed by atoms with Crippen LogP contribution in [-0.4, -0.2) is 26.2 Å².